The Morgan fingerprint density at radius 1 is 0.926 bits per heavy atom. The Morgan fingerprint density at radius 2 is 1.63 bits per heavy atom. The Labute approximate surface area is 156 Å². The third-order valence-electron chi connectivity index (χ3n) is 4.51. The topological polar surface area (TPSA) is 52.7 Å². The maximum Gasteiger partial charge on any atom is 0.253 e. The van der Waals surface area contributed by atoms with E-state index in [0.29, 0.717) is 50.4 Å². The van der Waals surface area contributed by atoms with Crippen molar-refractivity contribution in [2.75, 3.05) is 38.0 Å². The Hall–Kier alpha value is -2.80. The Morgan fingerprint density at radius 3 is 2.30 bits per heavy atom. The number of amides is 2. The molecule has 0 radical (unpaired) electrons. The van der Waals surface area contributed by atoms with Gasteiger partial charge in [0.15, 0.2) is 0 Å². The van der Waals surface area contributed by atoms with Crippen molar-refractivity contribution in [1.82, 2.24) is 9.80 Å². The van der Waals surface area contributed by atoms with Gasteiger partial charge in [-0.25, -0.2) is 8.78 Å². The van der Waals surface area contributed by atoms with Crippen LogP contribution in [-0.4, -0.2) is 54.3 Å². The number of anilines is 1. The van der Waals surface area contributed by atoms with Gasteiger partial charge >= 0.3 is 0 Å². The van der Waals surface area contributed by atoms with Crippen molar-refractivity contribution in [2.45, 2.75) is 6.42 Å². The molecule has 7 heteroatoms. The van der Waals surface area contributed by atoms with Gasteiger partial charge in [-0.2, -0.15) is 0 Å². The molecule has 3 rings (SSSR count). The number of nitrogens with one attached hydrogen (secondary N) is 1. The van der Waals surface area contributed by atoms with Gasteiger partial charge in [-0.05, 0) is 42.5 Å². The van der Waals surface area contributed by atoms with Gasteiger partial charge in [0, 0.05) is 50.4 Å². The average molecular weight is 373 g/mol. The van der Waals surface area contributed by atoms with Crippen molar-refractivity contribution in [3.63, 3.8) is 0 Å². The fourth-order valence-electron chi connectivity index (χ4n) is 3.00. The van der Waals surface area contributed by atoms with Crippen molar-refractivity contribution in [1.29, 1.82) is 0 Å². The van der Waals surface area contributed by atoms with Crippen molar-refractivity contribution in [2.24, 2.45) is 0 Å². The molecule has 2 amide bonds. The van der Waals surface area contributed by atoms with Crippen LogP contribution < -0.4 is 5.32 Å². The summed E-state index contributed by atoms with van der Waals surface area (Å²) in [5, 5.41) is 2.67. The summed E-state index contributed by atoms with van der Waals surface area (Å²) in [5.74, 6) is -1.05. The highest BCUT2D eigenvalue weighted by molar-refractivity contribution is 5.94. The molecule has 1 N–H and O–H groups in total. The van der Waals surface area contributed by atoms with Crippen LogP contribution in [0.3, 0.4) is 0 Å². The summed E-state index contributed by atoms with van der Waals surface area (Å²) < 4.78 is 26.1. The van der Waals surface area contributed by atoms with E-state index in [1.54, 1.807) is 17.0 Å². The van der Waals surface area contributed by atoms with E-state index in [1.165, 1.54) is 36.4 Å². The lowest BCUT2D eigenvalue weighted by atomic mass is 10.1. The van der Waals surface area contributed by atoms with E-state index in [2.05, 4.69) is 10.2 Å². The summed E-state index contributed by atoms with van der Waals surface area (Å²) >= 11 is 0. The SMILES string of the molecule is O=C(CCN1CCN(C(=O)c2ccc(F)cc2)CC1)Nc1cccc(F)c1. The lowest BCUT2D eigenvalue weighted by Crippen LogP contribution is -2.49. The fraction of sp³-hybridized carbons (Fsp3) is 0.300. The summed E-state index contributed by atoms with van der Waals surface area (Å²) in [6.45, 7) is 3.02. The lowest BCUT2D eigenvalue weighted by Gasteiger charge is -2.34. The third-order valence-corrected chi connectivity index (χ3v) is 4.51. The minimum atomic E-state index is -0.394. The Kier molecular flexibility index (Phi) is 6.13. The molecular weight excluding hydrogens is 352 g/mol. The first-order chi connectivity index (χ1) is 13.0. The van der Waals surface area contributed by atoms with Crippen LogP contribution in [0.15, 0.2) is 48.5 Å². The van der Waals surface area contributed by atoms with E-state index in [4.69, 9.17) is 0 Å². The van der Waals surface area contributed by atoms with Crippen LogP contribution in [0.5, 0.6) is 0 Å². The van der Waals surface area contributed by atoms with Crippen molar-refractivity contribution in [3.8, 4) is 0 Å². The molecule has 2 aromatic carbocycles. The third kappa shape index (κ3) is 5.34. The molecule has 0 aliphatic carbocycles. The fourth-order valence-corrected chi connectivity index (χ4v) is 3.00. The second-order valence-electron chi connectivity index (χ2n) is 6.45. The monoisotopic (exact) mass is 373 g/mol. The molecule has 5 nitrogen and oxygen atoms in total. The molecule has 0 bridgehead atoms. The number of benzene rings is 2. The van der Waals surface area contributed by atoms with Crippen LogP contribution in [0.2, 0.25) is 0 Å². The van der Waals surface area contributed by atoms with Crippen LogP contribution in [0.25, 0.3) is 0 Å². The molecule has 1 aliphatic heterocycles. The number of halogens is 2. The molecule has 1 saturated heterocycles. The molecule has 0 spiro atoms. The van der Waals surface area contributed by atoms with Crippen LogP contribution in [0.4, 0.5) is 14.5 Å². The van der Waals surface area contributed by atoms with E-state index in [-0.39, 0.29) is 17.6 Å². The maximum atomic E-state index is 13.1. The first kappa shape index (κ1) is 19.0. The summed E-state index contributed by atoms with van der Waals surface area (Å²) in [6, 6.07) is 11.3. The normalized spacial score (nSPS) is 14.8. The van der Waals surface area contributed by atoms with Gasteiger partial charge < -0.3 is 10.2 Å². The standard InChI is InChI=1S/C20H21F2N3O2/c21-16-6-4-15(5-7-16)20(27)25-12-10-24(11-13-25)9-8-19(26)23-18-3-1-2-17(22)14-18/h1-7,14H,8-13H2,(H,23,26). The van der Waals surface area contributed by atoms with Gasteiger partial charge in [-0.3, -0.25) is 14.5 Å². The number of carbonyl (C=O) groups is 2. The number of rotatable bonds is 5. The quantitative estimate of drug-likeness (QED) is 0.877. The van der Waals surface area contributed by atoms with Gasteiger partial charge in [0.2, 0.25) is 5.91 Å². The molecule has 142 valence electrons. The molecule has 0 saturated carbocycles. The summed E-state index contributed by atoms with van der Waals surface area (Å²) in [7, 11) is 0. The molecule has 1 heterocycles. The Balaban J connectivity index is 1.42. The molecule has 0 unspecified atom stereocenters. The smallest absolute Gasteiger partial charge is 0.253 e. The van der Waals surface area contributed by atoms with E-state index < -0.39 is 5.82 Å². The number of carbonyl (C=O) groups excluding carboxylic acids is 2. The minimum Gasteiger partial charge on any atom is -0.336 e. The zero-order valence-corrected chi connectivity index (χ0v) is 14.8. The highest BCUT2D eigenvalue weighted by Crippen LogP contribution is 2.12. The van der Waals surface area contributed by atoms with E-state index >= 15 is 0 Å². The second-order valence-corrected chi connectivity index (χ2v) is 6.45. The second kappa shape index (κ2) is 8.73. The Bertz CT molecular complexity index is 803. The molecule has 2 aromatic rings. The molecule has 0 aromatic heterocycles. The van der Waals surface area contributed by atoms with E-state index in [0.717, 1.165) is 0 Å². The maximum absolute atomic E-state index is 13.1. The highest BCUT2D eigenvalue weighted by atomic mass is 19.1. The van der Waals surface area contributed by atoms with Gasteiger partial charge in [-0.15, -0.1) is 0 Å². The molecule has 1 aliphatic rings. The predicted octanol–water partition coefficient (Wildman–Crippen LogP) is 2.75. The molecule has 27 heavy (non-hydrogen) atoms. The average Bonchev–Trinajstić information content (AvgIpc) is 2.67. The first-order valence-corrected chi connectivity index (χ1v) is 8.84. The summed E-state index contributed by atoms with van der Waals surface area (Å²) in [4.78, 5) is 28.2. The lowest BCUT2D eigenvalue weighted by molar-refractivity contribution is -0.116. The van der Waals surface area contributed by atoms with Gasteiger partial charge in [0.25, 0.3) is 5.91 Å². The van der Waals surface area contributed by atoms with Gasteiger partial charge in [-0.1, -0.05) is 6.07 Å². The number of nitrogens with zero attached hydrogens (tertiary/aromatic N) is 2. The minimum absolute atomic E-state index is 0.113. The first-order valence-electron chi connectivity index (χ1n) is 8.84. The zero-order valence-electron chi connectivity index (χ0n) is 14.8. The number of hydrogen-bond acceptors (Lipinski definition) is 3. The van der Waals surface area contributed by atoms with Gasteiger partial charge in [0.05, 0.1) is 0 Å². The molecule has 1 fully saturated rings. The molecule has 0 atom stereocenters. The van der Waals surface area contributed by atoms with Crippen LogP contribution in [0.1, 0.15) is 16.8 Å². The highest BCUT2D eigenvalue weighted by Gasteiger charge is 2.22. The van der Waals surface area contributed by atoms with Crippen LogP contribution >= 0.6 is 0 Å². The van der Waals surface area contributed by atoms with E-state index in [9.17, 15) is 18.4 Å². The largest absolute Gasteiger partial charge is 0.336 e. The summed E-state index contributed by atoms with van der Waals surface area (Å²) in [6.07, 6.45) is 0.294. The summed E-state index contributed by atoms with van der Waals surface area (Å²) in [5.41, 5.74) is 0.911. The van der Waals surface area contributed by atoms with Crippen LogP contribution in [0, 0.1) is 11.6 Å². The predicted molar refractivity (Wildman–Crippen MR) is 98.4 cm³/mol. The van der Waals surface area contributed by atoms with Crippen molar-refractivity contribution in [3.05, 3.63) is 65.7 Å². The van der Waals surface area contributed by atoms with Crippen molar-refractivity contribution < 1.29 is 18.4 Å². The number of piperazine rings is 1. The number of hydrogen-bond donors (Lipinski definition) is 1. The van der Waals surface area contributed by atoms with Crippen molar-refractivity contribution >= 4 is 17.5 Å². The van der Waals surface area contributed by atoms with Crippen LogP contribution in [-0.2, 0) is 4.79 Å². The van der Waals surface area contributed by atoms with E-state index in [1.807, 2.05) is 0 Å². The van der Waals surface area contributed by atoms with Gasteiger partial charge in [0.1, 0.15) is 11.6 Å². The zero-order chi connectivity index (χ0) is 19.2. The molecular formula is C20H21F2N3O2.